The second-order valence-electron chi connectivity index (χ2n) is 5.36. The predicted molar refractivity (Wildman–Crippen MR) is 60.3 cm³/mol. The van der Waals surface area contributed by atoms with Gasteiger partial charge in [-0.1, -0.05) is 20.3 Å². The minimum absolute atomic E-state index is 0.411. The molecule has 2 nitrogen and oxygen atoms in total. The smallest absolute Gasteiger partial charge is 0.0962 e. The molecule has 0 spiro atoms. The van der Waals surface area contributed by atoms with E-state index in [0.29, 0.717) is 5.92 Å². The minimum Gasteiger partial charge on any atom is -0.387 e. The number of rotatable bonds is 3. The van der Waals surface area contributed by atoms with Crippen molar-refractivity contribution >= 4 is 5.84 Å². The molecular weight excluding hydrogens is 172 g/mol. The van der Waals surface area contributed by atoms with Crippen LogP contribution in [0, 0.1) is 23.7 Å². The predicted octanol–water partition coefficient (Wildman–Crippen LogP) is 2.44. The maximum atomic E-state index is 5.84. The van der Waals surface area contributed by atoms with Gasteiger partial charge in [0.05, 0.1) is 5.84 Å². The summed E-state index contributed by atoms with van der Waals surface area (Å²) >= 11 is 0. The Kier molecular flexibility index (Phi) is 2.80. The Morgan fingerprint density at radius 2 is 2.14 bits per heavy atom. The summed E-state index contributed by atoms with van der Waals surface area (Å²) in [5.41, 5.74) is 5.84. The fourth-order valence-electron chi connectivity index (χ4n) is 3.01. The topological polar surface area (TPSA) is 38.4 Å². The van der Waals surface area contributed by atoms with E-state index in [9.17, 15) is 0 Å². The van der Waals surface area contributed by atoms with Gasteiger partial charge >= 0.3 is 0 Å². The number of nitrogens with two attached hydrogens (primary N) is 1. The highest BCUT2D eigenvalue weighted by molar-refractivity contribution is 5.82. The molecule has 0 radical (unpaired) electrons. The molecule has 0 aromatic heterocycles. The quantitative estimate of drug-likeness (QED) is 0.544. The van der Waals surface area contributed by atoms with Gasteiger partial charge in [-0.15, -0.1) is 0 Å². The Morgan fingerprint density at radius 3 is 2.64 bits per heavy atom. The van der Waals surface area contributed by atoms with Gasteiger partial charge in [-0.3, -0.25) is 4.99 Å². The molecule has 14 heavy (non-hydrogen) atoms. The van der Waals surface area contributed by atoms with Crippen LogP contribution in [0.4, 0.5) is 0 Å². The van der Waals surface area contributed by atoms with Gasteiger partial charge in [0.1, 0.15) is 0 Å². The molecule has 2 fully saturated rings. The van der Waals surface area contributed by atoms with Crippen LogP contribution < -0.4 is 5.73 Å². The lowest BCUT2D eigenvalue weighted by atomic mass is 9.89. The van der Waals surface area contributed by atoms with Crippen LogP contribution in [0.1, 0.15) is 39.5 Å². The summed E-state index contributed by atoms with van der Waals surface area (Å²) < 4.78 is 0. The number of aliphatic imine (C=N–C) groups is 1. The average Bonchev–Trinajstić information content (AvgIpc) is 2.74. The van der Waals surface area contributed by atoms with Crippen molar-refractivity contribution in [3.63, 3.8) is 0 Å². The molecule has 2 N–H and O–H groups in total. The number of hydrogen-bond donors (Lipinski definition) is 1. The third kappa shape index (κ3) is 1.94. The molecule has 0 heterocycles. The number of fused-ring (bicyclic) bond motifs is 2. The first kappa shape index (κ1) is 10.0. The Balaban J connectivity index is 1.84. The van der Waals surface area contributed by atoms with Crippen molar-refractivity contribution in [3.05, 3.63) is 0 Å². The van der Waals surface area contributed by atoms with Crippen LogP contribution in [0.15, 0.2) is 4.99 Å². The molecule has 2 rings (SSSR count). The third-order valence-corrected chi connectivity index (χ3v) is 3.98. The van der Waals surface area contributed by atoms with Gasteiger partial charge in [0.15, 0.2) is 0 Å². The maximum Gasteiger partial charge on any atom is 0.0962 e. The van der Waals surface area contributed by atoms with Crippen molar-refractivity contribution in [2.75, 3.05) is 6.54 Å². The van der Waals surface area contributed by atoms with Crippen LogP contribution in [0.3, 0.4) is 0 Å². The van der Waals surface area contributed by atoms with E-state index in [2.05, 4.69) is 18.8 Å². The van der Waals surface area contributed by atoms with E-state index < -0.39 is 0 Å². The molecule has 0 aromatic rings. The summed E-state index contributed by atoms with van der Waals surface area (Å²) in [6, 6.07) is 0. The first-order valence-corrected chi connectivity index (χ1v) is 5.96. The highest BCUT2D eigenvalue weighted by atomic mass is 14.9. The lowest BCUT2D eigenvalue weighted by molar-refractivity contribution is 0.341. The zero-order chi connectivity index (χ0) is 10.1. The summed E-state index contributed by atoms with van der Waals surface area (Å²) in [6.07, 6.45) is 5.82. The second-order valence-corrected chi connectivity index (χ2v) is 5.36. The van der Waals surface area contributed by atoms with Crippen LogP contribution in [-0.4, -0.2) is 12.4 Å². The molecule has 2 aliphatic rings. The fraction of sp³-hybridized carbons (Fsp3) is 0.917. The van der Waals surface area contributed by atoms with Crippen LogP contribution in [0.25, 0.3) is 0 Å². The zero-order valence-electron chi connectivity index (χ0n) is 9.37. The Hall–Kier alpha value is -0.530. The standard InChI is InChI=1S/C12H22N2/c1-8(2)12(13)14-7-11-6-9-3-4-10(11)5-9/h8-11H,3-7H2,1-2H3,(H2,13,14). The molecule has 3 atom stereocenters. The van der Waals surface area contributed by atoms with Crippen molar-refractivity contribution in [2.24, 2.45) is 34.4 Å². The van der Waals surface area contributed by atoms with Crippen molar-refractivity contribution in [1.29, 1.82) is 0 Å². The van der Waals surface area contributed by atoms with Gasteiger partial charge in [0, 0.05) is 12.5 Å². The Bertz CT molecular complexity index is 232. The van der Waals surface area contributed by atoms with Gasteiger partial charge in [-0.2, -0.15) is 0 Å². The molecule has 3 unspecified atom stereocenters. The first-order valence-electron chi connectivity index (χ1n) is 5.96. The first-order chi connectivity index (χ1) is 6.66. The molecule has 2 heteroatoms. The highest BCUT2D eigenvalue weighted by Crippen LogP contribution is 2.48. The average molecular weight is 194 g/mol. The number of nitrogens with zero attached hydrogens (tertiary/aromatic N) is 1. The van der Waals surface area contributed by atoms with Crippen LogP contribution in [0.2, 0.25) is 0 Å². The van der Waals surface area contributed by atoms with E-state index in [1.165, 1.54) is 25.7 Å². The summed E-state index contributed by atoms with van der Waals surface area (Å²) in [5, 5.41) is 0. The van der Waals surface area contributed by atoms with Crippen LogP contribution in [0.5, 0.6) is 0 Å². The summed E-state index contributed by atoms with van der Waals surface area (Å²) in [4.78, 5) is 4.52. The van der Waals surface area contributed by atoms with Gasteiger partial charge in [0.2, 0.25) is 0 Å². The van der Waals surface area contributed by atoms with E-state index in [4.69, 9.17) is 5.73 Å². The van der Waals surface area contributed by atoms with E-state index >= 15 is 0 Å². The summed E-state index contributed by atoms with van der Waals surface area (Å²) in [5.74, 6) is 4.11. The lowest BCUT2D eigenvalue weighted by Crippen LogP contribution is -2.22. The highest BCUT2D eigenvalue weighted by Gasteiger charge is 2.38. The van der Waals surface area contributed by atoms with Gasteiger partial charge in [-0.25, -0.2) is 0 Å². The molecule has 2 saturated carbocycles. The summed E-state index contributed by atoms with van der Waals surface area (Å²) in [6.45, 7) is 5.21. The van der Waals surface area contributed by atoms with E-state index in [-0.39, 0.29) is 0 Å². The Labute approximate surface area is 87.0 Å². The van der Waals surface area contributed by atoms with Crippen molar-refractivity contribution < 1.29 is 0 Å². The normalized spacial score (nSPS) is 37.1. The second kappa shape index (κ2) is 3.92. The number of hydrogen-bond acceptors (Lipinski definition) is 1. The molecule has 80 valence electrons. The molecule has 0 saturated heterocycles. The molecule has 2 aliphatic carbocycles. The molecule has 2 bridgehead atoms. The van der Waals surface area contributed by atoms with Gasteiger partial charge in [0.25, 0.3) is 0 Å². The molecular formula is C12H22N2. The van der Waals surface area contributed by atoms with E-state index in [1.54, 1.807) is 0 Å². The molecule has 0 aliphatic heterocycles. The largest absolute Gasteiger partial charge is 0.387 e. The third-order valence-electron chi connectivity index (χ3n) is 3.98. The fourth-order valence-corrected chi connectivity index (χ4v) is 3.01. The van der Waals surface area contributed by atoms with Crippen molar-refractivity contribution in [2.45, 2.75) is 39.5 Å². The van der Waals surface area contributed by atoms with Crippen molar-refractivity contribution in [3.8, 4) is 0 Å². The number of amidine groups is 1. The monoisotopic (exact) mass is 194 g/mol. The molecule has 0 aromatic carbocycles. The SMILES string of the molecule is CC(C)C(N)=NCC1CC2CCC1C2. The zero-order valence-corrected chi connectivity index (χ0v) is 9.37. The van der Waals surface area contributed by atoms with Crippen LogP contribution >= 0.6 is 0 Å². The maximum absolute atomic E-state index is 5.84. The van der Waals surface area contributed by atoms with Crippen molar-refractivity contribution in [1.82, 2.24) is 0 Å². The van der Waals surface area contributed by atoms with E-state index in [0.717, 1.165) is 30.1 Å². The Morgan fingerprint density at radius 1 is 1.36 bits per heavy atom. The van der Waals surface area contributed by atoms with Gasteiger partial charge < -0.3 is 5.73 Å². The lowest BCUT2D eigenvalue weighted by Gasteiger charge is -2.19. The van der Waals surface area contributed by atoms with Crippen LogP contribution in [-0.2, 0) is 0 Å². The summed E-state index contributed by atoms with van der Waals surface area (Å²) in [7, 11) is 0. The minimum atomic E-state index is 0.411. The molecule has 0 amide bonds. The van der Waals surface area contributed by atoms with Gasteiger partial charge in [-0.05, 0) is 37.0 Å². The van der Waals surface area contributed by atoms with E-state index in [1.807, 2.05) is 0 Å².